The summed E-state index contributed by atoms with van der Waals surface area (Å²) < 4.78 is 0. The summed E-state index contributed by atoms with van der Waals surface area (Å²) in [7, 11) is 1.74. The Hall–Kier alpha value is -4.94. The SMILES string of the molecule is CC[C@@H](C)C(=O)N[C@H](C(=O)N1C[C@@H](NC(=O)C2CCC(C(=O)N[C@H]3C[C@@H](C(=O)N[C@@H]4CCSc5ccccc54)N(C(=O)[C@@H](CC(=O)[C@H](C)NC)C4CCCCC4)C3)CC2)C[C@H]1C(=O)N[C@@H]1CCSc2ccccc21)C1CCCCC1. The fourth-order valence-corrected chi connectivity index (χ4v) is 16.2. The van der Waals surface area contributed by atoms with E-state index in [2.05, 4.69) is 44.0 Å². The highest BCUT2D eigenvalue weighted by atomic mass is 32.2. The van der Waals surface area contributed by atoms with Gasteiger partial charge >= 0.3 is 0 Å². The zero-order valence-corrected chi connectivity index (χ0v) is 49.3. The molecule has 9 rings (SSSR count). The van der Waals surface area contributed by atoms with Crippen LogP contribution in [0.2, 0.25) is 0 Å². The first-order valence-electron chi connectivity index (χ1n) is 30.5. The Bertz CT molecular complexity index is 2380. The van der Waals surface area contributed by atoms with Gasteiger partial charge in [0.15, 0.2) is 0 Å². The van der Waals surface area contributed by atoms with Gasteiger partial charge in [-0.05, 0) is 133 Å². The molecule has 2 aromatic rings. The molecule has 16 nitrogen and oxygen atoms in total. The van der Waals surface area contributed by atoms with Crippen LogP contribution in [0.15, 0.2) is 58.3 Å². The molecular weight excluding hydrogens is 1050 g/mol. The summed E-state index contributed by atoms with van der Waals surface area (Å²) in [5.74, 6) is -1.41. The highest BCUT2D eigenvalue weighted by molar-refractivity contribution is 7.99. The number of rotatable bonds is 19. The number of amides is 7. The van der Waals surface area contributed by atoms with Gasteiger partial charge in [-0.1, -0.05) is 88.8 Å². The van der Waals surface area contributed by atoms with E-state index in [1.807, 2.05) is 57.2 Å². The molecule has 3 aliphatic carbocycles. The summed E-state index contributed by atoms with van der Waals surface area (Å²) in [6.45, 7) is 5.93. The number of hydrogen-bond donors (Lipinski definition) is 6. The van der Waals surface area contributed by atoms with Gasteiger partial charge in [0, 0.05) is 76.6 Å². The van der Waals surface area contributed by atoms with Crippen LogP contribution in [0.3, 0.4) is 0 Å². The number of ketones is 1. The highest BCUT2D eigenvalue weighted by Gasteiger charge is 2.48. The van der Waals surface area contributed by atoms with Crippen LogP contribution >= 0.6 is 23.5 Å². The van der Waals surface area contributed by atoms with Crippen LogP contribution in [0.1, 0.15) is 172 Å². The van der Waals surface area contributed by atoms with Gasteiger partial charge in [-0.25, -0.2) is 0 Å². The lowest BCUT2D eigenvalue weighted by atomic mass is 9.76. The Labute approximate surface area is 482 Å². The van der Waals surface area contributed by atoms with Gasteiger partial charge in [0.2, 0.25) is 41.4 Å². The van der Waals surface area contributed by atoms with Crippen LogP contribution in [0.5, 0.6) is 0 Å². The monoisotopic (exact) mass is 1140 g/mol. The van der Waals surface area contributed by atoms with Crippen molar-refractivity contribution in [1.29, 1.82) is 0 Å². The Morgan fingerprint density at radius 1 is 0.562 bits per heavy atom. The van der Waals surface area contributed by atoms with Crippen LogP contribution in [0.25, 0.3) is 0 Å². The molecule has 0 aromatic heterocycles. The standard InChI is InChI=1S/C62H88N8O8S2/c1-5-37(2)56(72)68-55(40-18-10-7-11-19-40)62(78)70-36-44(33-51(70)60(76)67-49-29-31-80-54-23-15-13-21-46(49)54)65-58(74)42-26-24-41(25-27-42)57(73)64-43-32-50(59(75)66-48-28-30-79-53-22-14-12-20-45(48)53)69(35-43)61(77)47(34-52(71)38(3)63-4)39-16-8-6-9-17-39/h12-15,20-23,37-44,47-51,55,63H,5-11,16-19,24-36H2,1-4H3,(H,64,73)(H,65,74)(H,66,75)(H,67,76)(H,68,72)/t37-,38+,41?,42?,43+,44+,47+,48-,49-,50+,51+,55+/m1/s1. The van der Waals surface area contributed by atoms with Gasteiger partial charge in [0.25, 0.3) is 0 Å². The Morgan fingerprint density at radius 2 is 1.02 bits per heavy atom. The van der Waals surface area contributed by atoms with E-state index < -0.39 is 42.2 Å². The predicted molar refractivity (Wildman–Crippen MR) is 311 cm³/mol. The maximum absolute atomic E-state index is 15.0. The van der Waals surface area contributed by atoms with Crippen LogP contribution in [-0.2, 0) is 38.4 Å². The van der Waals surface area contributed by atoms with Gasteiger partial charge in [0.1, 0.15) is 23.9 Å². The van der Waals surface area contributed by atoms with Crippen molar-refractivity contribution in [2.45, 2.75) is 207 Å². The topological polar surface area (TPSA) is 215 Å². The van der Waals surface area contributed by atoms with Gasteiger partial charge in [-0.2, -0.15) is 0 Å². The Balaban J connectivity index is 0.855. The van der Waals surface area contributed by atoms with E-state index >= 15 is 4.79 Å². The number of fused-ring (bicyclic) bond motifs is 2. The molecule has 6 N–H and O–H groups in total. The molecule has 7 aliphatic rings. The third-order valence-electron chi connectivity index (χ3n) is 19.1. The molecule has 18 heteroatoms. The zero-order chi connectivity index (χ0) is 56.5. The van der Waals surface area contributed by atoms with Gasteiger partial charge in [0.05, 0.1) is 18.1 Å². The normalized spacial score (nSPS) is 27.8. The average molecular weight is 1140 g/mol. The van der Waals surface area contributed by atoms with Crippen molar-refractivity contribution >= 4 is 70.7 Å². The smallest absolute Gasteiger partial charge is 0.246 e. The number of carbonyl (C=O) groups is 8. The fraction of sp³-hybridized carbons (Fsp3) is 0.677. The molecule has 4 heterocycles. The third-order valence-corrected chi connectivity index (χ3v) is 21.3. The number of benzene rings is 2. The second kappa shape index (κ2) is 27.9. The highest BCUT2D eigenvalue weighted by Crippen LogP contribution is 2.40. The van der Waals surface area contributed by atoms with Crippen LogP contribution < -0.4 is 31.9 Å². The summed E-state index contributed by atoms with van der Waals surface area (Å²) in [4.78, 5) is 120. The van der Waals surface area contributed by atoms with Crippen LogP contribution in [0.4, 0.5) is 0 Å². The number of Topliss-reactive ketones (excluding diaryl/α,β-unsaturated/α-hetero) is 1. The van der Waals surface area contributed by atoms with E-state index in [0.717, 1.165) is 109 Å². The van der Waals surface area contributed by atoms with E-state index in [0.29, 0.717) is 32.1 Å². The summed E-state index contributed by atoms with van der Waals surface area (Å²) in [6, 6.07) is 11.9. The van der Waals surface area contributed by atoms with Gasteiger partial charge in [-0.15, -0.1) is 23.5 Å². The predicted octanol–water partition coefficient (Wildman–Crippen LogP) is 7.55. The van der Waals surface area contributed by atoms with Crippen molar-refractivity contribution in [2.24, 2.45) is 35.5 Å². The van der Waals surface area contributed by atoms with E-state index in [1.54, 1.807) is 40.4 Å². The Kier molecular flexibility index (Phi) is 20.8. The number of nitrogens with zero attached hydrogens (tertiary/aromatic N) is 2. The minimum Gasteiger partial charge on any atom is -0.351 e. The molecule has 2 aromatic carbocycles. The maximum atomic E-state index is 15.0. The molecule has 0 bridgehead atoms. The first kappa shape index (κ1) is 59.7. The molecule has 4 aliphatic heterocycles. The molecule has 5 fully saturated rings. The number of thioether (sulfide) groups is 2. The number of nitrogens with one attached hydrogen (secondary N) is 6. The van der Waals surface area contributed by atoms with Crippen molar-refractivity contribution in [3.63, 3.8) is 0 Å². The van der Waals surface area contributed by atoms with E-state index in [1.165, 1.54) is 0 Å². The summed E-state index contributed by atoms with van der Waals surface area (Å²) in [5.41, 5.74) is 2.11. The minimum atomic E-state index is -0.848. The summed E-state index contributed by atoms with van der Waals surface area (Å²) >= 11 is 3.53. The number of carbonyl (C=O) groups excluding carboxylic acids is 8. The molecule has 80 heavy (non-hydrogen) atoms. The molecule has 436 valence electrons. The third kappa shape index (κ3) is 14.3. The maximum Gasteiger partial charge on any atom is 0.246 e. The van der Waals surface area contributed by atoms with Gasteiger partial charge < -0.3 is 41.7 Å². The first-order chi connectivity index (χ1) is 38.7. The van der Waals surface area contributed by atoms with E-state index in [-0.39, 0.29) is 121 Å². The lowest BCUT2D eigenvalue weighted by Gasteiger charge is -2.35. The summed E-state index contributed by atoms with van der Waals surface area (Å²) in [6.07, 6.45) is 14.0. The van der Waals surface area contributed by atoms with Crippen molar-refractivity contribution in [3.8, 4) is 0 Å². The lowest BCUT2D eigenvalue weighted by Crippen LogP contribution is -2.57. The molecule has 3 saturated carbocycles. The molecular formula is C62H88N8O8S2. The van der Waals surface area contributed by atoms with E-state index in [4.69, 9.17) is 0 Å². The fourth-order valence-electron chi connectivity index (χ4n) is 13.9. The number of hydrogen-bond acceptors (Lipinski definition) is 11. The van der Waals surface area contributed by atoms with Crippen molar-refractivity contribution < 1.29 is 38.4 Å². The number of likely N-dealkylation sites (tertiary alicyclic amines) is 2. The van der Waals surface area contributed by atoms with Crippen LogP contribution in [0, 0.1) is 35.5 Å². The van der Waals surface area contributed by atoms with Crippen molar-refractivity contribution in [1.82, 2.24) is 41.7 Å². The summed E-state index contributed by atoms with van der Waals surface area (Å²) in [5, 5.41) is 19.3. The van der Waals surface area contributed by atoms with E-state index in [9.17, 15) is 33.6 Å². The largest absolute Gasteiger partial charge is 0.351 e. The average Bonchev–Trinajstić information content (AvgIpc) is 4.12. The molecule has 2 saturated heterocycles. The second-order valence-electron chi connectivity index (χ2n) is 24.3. The Morgan fingerprint density at radius 3 is 1.50 bits per heavy atom. The minimum absolute atomic E-state index is 0.0304. The zero-order valence-electron chi connectivity index (χ0n) is 47.6. The van der Waals surface area contributed by atoms with Crippen molar-refractivity contribution in [2.75, 3.05) is 31.6 Å². The van der Waals surface area contributed by atoms with Gasteiger partial charge in [-0.3, -0.25) is 38.4 Å². The van der Waals surface area contributed by atoms with Crippen molar-refractivity contribution in [3.05, 3.63) is 59.7 Å². The molecule has 10 atom stereocenters. The first-order valence-corrected chi connectivity index (χ1v) is 32.4. The van der Waals surface area contributed by atoms with Crippen LogP contribution in [-0.4, -0.2) is 125 Å². The molecule has 0 radical (unpaired) electrons. The second-order valence-corrected chi connectivity index (χ2v) is 26.6. The number of likely N-dealkylation sites (N-methyl/N-ethyl adjacent to an activating group) is 1. The quantitative estimate of drug-likeness (QED) is 0.0808. The lowest BCUT2D eigenvalue weighted by molar-refractivity contribution is -0.145. The molecule has 0 spiro atoms. The molecule has 7 amide bonds. The molecule has 0 unspecified atom stereocenters.